The van der Waals surface area contributed by atoms with Crippen molar-refractivity contribution < 1.29 is 0 Å². The van der Waals surface area contributed by atoms with Crippen LogP contribution in [0.15, 0.2) is 30.3 Å². The Labute approximate surface area is 120 Å². The molecule has 0 fully saturated rings. The molecule has 19 heavy (non-hydrogen) atoms. The van der Waals surface area contributed by atoms with Crippen molar-refractivity contribution in [2.75, 3.05) is 18.0 Å². The molecule has 0 aliphatic carbocycles. The van der Waals surface area contributed by atoms with Crippen molar-refractivity contribution in [1.29, 1.82) is 0 Å². The van der Waals surface area contributed by atoms with E-state index < -0.39 is 0 Å². The van der Waals surface area contributed by atoms with Crippen LogP contribution >= 0.6 is 0 Å². The van der Waals surface area contributed by atoms with Crippen LogP contribution in [0, 0.1) is 6.92 Å². The molecule has 0 bridgehead atoms. The molecule has 1 rings (SSSR count). The molecule has 0 amide bonds. The van der Waals surface area contributed by atoms with Gasteiger partial charge in [0.15, 0.2) is 0 Å². The zero-order valence-electron chi connectivity index (χ0n) is 12.6. The third-order valence-electron chi connectivity index (χ3n) is 3.58. The zero-order chi connectivity index (χ0) is 13.8. The van der Waals surface area contributed by atoms with Gasteiger partial charge in [0.05, 0.1) is 0 Å². The van der Waals surface area contributed by atoms with E-state index in [0.717, 1.165) is 6.42 Å². The van der Waals surface area contributed by atoms with Crippen LogP contribution in [0.5, 0.6) is 0 Å². The lowest BCUT2D eigenvalue weighted by Gasteiger charge is -2.25. The minimum Gasteiger partial charge on any atom is -0.372 e. The summed E-state index contributed by atoms with van der Waals surface area (Å²) in [5, 5.41) is 0. The Kier molecular flexibility index (Phi) is 9.22. The second-order valence-electron chi connectivity index (χ2n) is 5.30. The third kappa shape index (κ3) is 7.25. The van der Waals surface area contributed by atoms with Gasteiger partial charge in [0, 0.05) is 18.8 Å². The van der Waals surface area contributed by atoms with Gasteiger partial charge in [-0.2, -0.15) is 0 Å². The standard InChI is InChI=1S/C18H30N/c1-3-5-7-12-16-19(17-13-8-6-4-2)18-14-10-9-11-15-18/h9-11,14-15H,1,3-8,12-13,16-17H2,2H3. The first kappa shape index (κ1) is 16.1. The molecule has 1 nitrogen and oxygen atoms in total. The highest BCUT2D eigenvalue weighted by atomic mass is 15.1. The Morgan fingerprint density at radius 3 is 2.05 bits per heavy atom. The van der Waals surface area contributed by atoms with Gasteiger partial charge >= 0.3 is 0 Å². The molecule has 0 N–H and O–H groups in total. The summed E-state index contributed by atoms with van der Waals surface area (Å²) < 4.78 is 0. The van der Waals surface area contributed by atoms with Gasteiger partial charge in [0.25, 0.3) is 0 Å². The zero-order valence-corrected chi connectivity index (χ0v) is 12.6. The lowest BCUT2D eigenvalue weighted by Crippen LogP contribution is -2.25. The molecule has 0 aliphatic rings. The van der Waals surface area contributed by atoms with Crippen molar-refractivity contribution >= 4 is 5.69 Å². The van der Waals surface area contributed by atoms with Gasteiger partial charge in [-0.05, 0) is 25.0 Å². The first-order valence-corrected chi connectivity index (χ1v) is 7.97. The van der Waals surface area contributed by atoms with Crippen LogP contribution in [0.25, 0.3) is 0 Å². The van der Waals surface area contributed by atoms with E-state index in [1.54, 1.807) is 0 Å². The van der Waals surface area contributed by atoms with Crippen LogP contribution in [0.4, 0.5) is 5.69 Å². The molecule has 1 radical (unpaired) electrons. The minimum atomic E-state index is 1.07. The van der Waals surface area contributed by atoms with E-state index in [1.165, 1.54) is 63.7 Å². The van der Waals surface area contributed by atoms with Gasteiger partial charge in [-0.3, -0.25) is 0 Å². The molecule has 0 aromatic heterocycles. The lowest BCUT2D eigenvalue weighted by molar-refractivity contribution is 0.613. The Morgan fingerprint density at radius 1 is 0.842 bits per heavy atom. The highest BCUT2D eigenvalue weighted by molar-refractivity contribution is 5.45. The maximum atomic E-state index is 3.92. The van der Waals surface area contributed by atoms with E-state index in [9.17, 15) is 0 Å². The van der Waals surface area contributed by atoms with Crippen LogP contribution in [-0.4, -0.2) is 13.1 Å². The number of hydrogen-bond acceptors (Lipinski definition) is 1. The normalized spacial score (nSPS) is 10.6. The molecule has 1 heteroatoms. The molecule has 0 saturated carbocycles. The van der Waals surface area contributed by atoms with Crippen LogP contribution in [0.2, 0.25) is 0 Å². The SMILES string of the molecule is [CH2]CCCCCN(CCCCCC)c1ccccc1. The molecule has 0 spiro atoms. The van der Waals surface area contributed by atoms with Crippen molar-refractivity contribution in [3.8, 4) is 0 Å². The largest absolute Gasteiger partial charge is 0.372 e. The summed E-state index contributed by atoms with van der Waals surface area (Å²) in [4.78, 5) is 2.55. The fourth-order valence-electron chi connectivity index (χ4n) is 2.39. The molecule has 0 aliphatic heterocycles. The molecule has 0 atom stereocenters. The summed E-state index contributed by atoms with van der Waals surface area (Å²) in [6, 6.07) is 10.9. The third-order valence-corrected chi connectivity index (χ3v) is 3.58. The molecule has 107 valence electrons. The van der Waals surface area contributed by atoms with E-state index in [2.05, 4.69) is 49.1 Å². The predicted octanol–water partition coefficient (Wildman–Crippen LogP) is 5.47. The first-order chi connectivity index (χ1) is 9.38. The van der Waals surface area contributed by atoms with E-state index in [-0.39, 0.29) is 0 Å². The van der Waals surface area contributed by atoms with Crippen LogP contribution in [-0.2, 0) is 0 Å². The number of unbranched alkanes of at least 4 members (excludes halogenated alkanes) is 6. The Bertz CT molecular complexity index is 282. The second kappa shape index (κ2) is 10.9. The van der Waals surface area contributed by atoms with Crippen molar-refractivity contribution in [1.82, 2.24) is 0 Å². The van der Waals surface area contributed by atoms with E-state index in [4.69, 9.17) is 0 Å². The molecule has 1 aromatic rings. The summed E-state index contributed by atoms with van der Waals surface area (Å²) in [5.41, 5.74) is 1.38. The summed E-state index contributed by atoms with van der Waals surface area (Å²) in [5.74, 6) is 0. The van der Waals surface area contributed by atoms with Gasteiger partial charge in [-0.15, -0.1) is 0 Å². The quantitative estimate of drug-likeness (QED) is 0.477. The van der Waals surface area contributed by atoms with E-state index >= 15 is 0 Å². The fourth-order valence-corrected chi connectivity index (χ4v) is 2.39. The molecule has 0 heterocycles. The maximum Gasteiger partial charge on any atom is 0.0366 e. The number of anilines is 1. The second-order valence-corrected chi connectivity index (χ2v) is 5.30. The summed E-state index contributed by atoms with van der Waals surface area (Å²) in [6.07, 6.45) is 10.3. The molecule has 0 unspecified atom stereocenters. The highest BCUT2D eigenvalue weighted by Gasteiger charge is 2.05. The van der Waals surface area contributed by atoms with Crippen LogP contribution < -0.4 is 4.90 Å². The first-order valence-electron chi connectivity index (χ1n) is 7.97. The summed E-state index contributed by atoms with van der Waals surface area (Å²) in [6.45, 7) is 8.58. The van der Waals surface area contributed by atoms with Crippen molar-refractivity contribution in [2.45, 2.75) is 58.3 Å². The number of para-hydroxylation sites is 1. The Hall–Kier alpha value is -0.980. The molecular weight excluding hydrogens is 230 g/mol. The van der Waals surface area contributed by atoms with Crippen molar-refractivity contribution in [3.63, 3.8) is 0 Å². The smallest absolute Gasteiger partial charge is 0.0366 e. The van der Waals surface area contributed by atoms with Gasteiger partial charge < -0.3 is 4.90 Å². The average Bonchev–Trinajstić information content (AvgIpc) is 2.46. The average molecular weight is 260 g/mol. The van der Waals surface area contributed by atoms with Gasteiger partial charge in [-0.25, -0.2) is 0 Å². The molecular formula is C18H30N. The van der Waals surface area contributed by atoms with Gasteiger partial charge in [0.2, 0.25) is 0 Å². The molecule has 0 saturated heterocycles. The number of nitrogens with zero attached hydrogens (tertiary/aromatic N) is 1. The summed E-state index contributed by atoms with van der Waals surface area (Å²) >= 11 is 0. The highest BCUT2D eigenvalue weighted by Crippen LogP contribution is 2.16. The molecule has 1 aromatic carbocycles. The van der Waals surface area contributed by atoms with E-state index in [1.807, 2.05) is 0 Å². The Morgan fingerprint density at radius 2 is 1.47 bits per heavy atom. The van der Waals surface area contributed by atoms with Crippen LogP contribution in [0.3, 0.4) is 0 Å². The number of benzene rings is 1. The predicted molar refractivity (Wildman–Crippen MR) is 86.6 cm³/mol. The van der Waals surface area contributed by atoms with E-state index in [0.29, 0.717) is 0 Å². The maximum absolute atomic E-state index is 3.92. The van der Waals surface area contributed by atoms with Crippen molar-refractivity contribution in [2.24, 2.45) is 0 Å². The van der Waals surface area contributed by atoms with Crippen LogP contribution in [0.1, 0.15) is 58.3 Å². The number of hydrogen-bond donors (Lipinski definition) is 0. The number of rotatable bonds is 11. The topological polar surface area (TPSA) is 3.24 Å². The summed E-state index contributed by atoms with van der Waals surface area (Å²) in [7, 11) is 0. The minimum absolute atomic E-state index is 1.07. The van der Waals surface area contributed by atoms with Gasteiger partial charge in [-0.1, -0.05) is 70.6 Å². The monoisotopic (exact) mass is 260 g/mol. The Balaban J connectivity index is 2.39. The van der Waals surface area contributed by atoms with Gasteiger partial charge in [0.1, 0.15) is 0 Å². The lowest BCUT2D eigenvalue weighted by atomic mass is 10.1. The van der Waals surface area contributed by atoms with Crippen molar-refractivity contribution in [3.05, 3.63) is 37.3 Å². The fraction of sp³-hybridized carbons (Fsp3) is 0.611.